The van der Waals surface area contributed by atoms with Crippen LogP contribution >= 0.6 is 11.3 Å². The van der Waals surface area contributed by atoms with Crippen LogP contribution in [0.4, 0.5) is 10.8 Å². The van der Waals surface area contributed by atoms with Gasteiger partial charge in [-0.15, -0.1) is 11.3 Å². The Bertz CT molecular complexity index is 1550. The van der Waals surface area contributed by atoms with E-state index in [1.165, 1.54) is 27.8 Å². The largest absolute Gasteiger partial charge is 0.493 e. The molecule has 0 aliphatic carbocycles. The van der Waals surface area contributed by atoms with Crippen molar-refractivity contribution in [2.75, 3.05) is 30.4 Å². The van der Waals surface area contributed by atoms with E-state index in [9.17, 15) is 13.2 Å². The highest BCUT2D eigenvalue weighted by atomic mass is 32.2. The van der Waals surface area contributed by atoms with Crippen LogP contribution in [-0.2, 0) is 16.4 Å². The van der Waals surface area contributed by atoms with E-state index in [0.717, 1.165) is 11.1 Å². The summed E-state index contributed by atoms with van der Waals surface area (Å²) in [6.45, 7) is 0.371. The third-order valence-electron chi connectivity index (χ3n) is 5.93. The highest BCUT2D eigenvalue weighted by molar-refractivity contribution is 7.92. The van der Waals surface area contributed by atoms with Gasteiger partial charge >= 0.3 is 0 Å². The molecule has 3 aromatic carbocycles. The Kier molecular flexibility index (Phi) is 6.38. The van der Waals surface area contributed by atoms with E-state index >= 15 is 0 Å². The number of thiazole rings is 1. The third kappa shape index (κ3) is 4.40. The highest BCUT2D eigenvalue weighted by Crippen LogP contribution is 2.34. The molecule has 36 heavy (non-hydrogen) atoms. The lowest BCUT2D eigenvalue weighted by molar-refractivity contribution is 0.102. The van der Waals surface area contributed by atoms with E-state index in [4.69, 9.17) is 9.47 Å². The van der Waals surface area contributed by atoms with Gasteiger partial charge in [0.15, 0.2) is 16.6 Å². The van der Waals surface area contributed by atoms with Crippen molar-refractivity contribution in [2.45, 2.75) is 11.3 Å². The molecular weight excluding hydrogens is 498 g/mol. The van der Waals surface area contributed by atoms with Gasteiger partial charge in [-0.25, -0.2) is 13.4 Å². The number of aromatic nitrogens is 1. The quantitative estimate of drug-likeness (QED) is 0.374. The van der Waals surface area contributed by atoms with Crippen LogP contribution in [0.15, 0.2) is 77.0 Å². The number of para-hydroxylation sites is 1. The molecule has 5 rings (SSSR count). The van der Waals surface area contributed by atoms with Gasteiger partial charge in [0, 0.05) is 23.1 Å². The summed E-state index contributed by atoms with van der Waals surface area (Å²) in [5, 5.41) is 4.98. The van der Waals surface area contributed by atoms with Crippen molar-refractivity contribution in [3.63, 3.8) is 0 Å². The maximum atomic E-state index is 13.4. The van der Waals surface area contributed by atoms with Crippen molar-refractivity contribution in [2.24, 2.45) is 0 Å². The van der Waals surface area contributed by atoms with E-state index in [2.05, 4.69) is 10.3 Å². The minimum absolute atomic E-state index is 0.0667. The molecule has 2 heterocycles. The Balaban J connectivity index is 1.35. The normalized spacial score (nSPS) is 12.8. The number of benzene rings is 3. The zero-order valence-electron chi connectivity index (χ0n) is 19.6. The molecule has 0 spiro atoms. The first-order valence-electron chi connectivity index (χ1n) is 11.1. The molecule has 0 radical (unpaired) electrons. The minimum Gasteiger partial charge on any atom is -0.493 e. The summed E-state index contributed by atoms with van der Waals surface area (Å²) in [5.41, 5.74) is 3.37. The number of fused-ring (bicyclic) bond motifs is 1. The number of ether oxygens (including phenoxy) is 2. The van der Waals surface area contributed by atoms with Crippen molar-refractivity contribution < 1.29 is 22.7 Å². The van der Waals surface area contributed by atoms with E-state index in [1.54, 1.807) is 38.5 Å². The monoisotopic (exact) mass is 521 g/mol. The molecule has 8 nitrogen and oxygen atoms in total. The van der Waals surface area contributed by atoms with Crippen molar-refractivity contribution in [1.82, 2.24) is 4.98 Å². The van der Waals surface area contributed by atoms with E-state index in [1.807, 2.05) is 35.7 Å². The number of methoxy groups -OCH3 is 2. The topological polar surface area (TPSA) is 97.8 Å². The van der Waals surface area contributed by atoms with Gasteiger partial charge in [0.25, 0.3) is 15.9 Å². The van der Waals surface area contributed by atoms with Gasteiger partial charge in [-0.05, 0) is 54.4 Å². The average molecular weight is 522 g/mol. The molecule has 0 atom stereocenters. The lowest BCUT2D eigenvalue weighted by Crippen LogP contribution is -2.29. The van der Waals surface area contributed by atoms with Gasteiger partial charge in [-0.3, -0.25) is 14.4 Å². The van der Waals surface area contributed by atoms with Gasteiger partial charge in [-0.1, -0.05) is 24.3 Å². The average Bonchev–Trinajstić information content (AvgIpc) is 3.56. The van der Waals surface area contributed by atoms with Gasteiger partial charge in [0.2, 0.25) is 0 Å². The first-order chi connectivity index (χ1) is 17.4. The standard InChI is InChI=1S/C26H23N3O5S2/c1-33-23-11-10-18(15-24(23)34-2)21-16-35-26(27-21)28-25(30)19-7-5-8-20(14-19)36(31,32)29-13-12-17-6-3-4-9-22(17)29/h3-11,14-16H,12-13H2,1-2H3,(H,27,28,30). The van der Waals surface area contributed by atoms with Gasteiger partial charge < -0.3 is 9.47 Å². The molecule has 1 N–H and O–H groups in total. The molecule has 0 unspecified atom stereocenters. The number of hydrogen-bond donors (Lipinski definition) is 1. The summed E-state index contributed by atoms with van der Waals surface area (Å²) in [7, 11) is -0.679. The Morgan fingerprint density at radius 2 is 1.81 bits per heavy atom. The maximum Gasteiger partial charge on any atom is 0.264 e. The zero-order valence-corrected chi connectivity index (χ0v) is 21.2. The number of rotatable bonds is 7. The number of amides is 1. The Morgan fingerprint density at radius 1 is 1.00 bits per heavy atom. The summed E-state index contributed by atoms with van der Waals surface area (Å²) in [5.74, 6) is 0.742. The first-order valence-corrected chi connectivity index (χ1v) is 13.4. The number of anilines is 2. The number of hydrogen-bond acceptors (Lipinski definition) is 7. The van der Waals surface area contributed by atoms with Crippen LogP contribution < -0.4 is 19.1 Å². The molecule has 0 bridgehead atoms. The molecule has 0 saturated carbocycles. The van der Waals surface area contributed by atoms with Crippen molar-refractivity contribution in [3.8, 4) is 22.8 Å². The van der Waals surface area contributed by atoms with Gasteiger partial charge in [0.05, 0.1) is 30.5 Å². The fourth-order valence-electron chi connectivity index (χ4n) is 4.11. The Morgan fingerprint density at radius 3 is 2.61 bits per heavy atom. The molecule has 4 aromatic rings. The van der Waals surface area contributed by atoms with Gasteiger partial charge in [-0.2, -0.15) is 0 Å². The maximum absolute atomic E-state index is 13.4. The molecule has 10 heteroatoms. The van der Waals surface area contributed by atoms with Gasteiger partial charge in [0.1, 0.15) is 0 Å². The summed E-state index contributed by atoms with van der Waals surface area (Å²) < 4.78 is 38.7. The lowest BCUT2D eigenvalue weighted by atomic mass is 10.1. The van der Waals surface area contributed by atoms with E-state index in [0.29, 0.717) is 41.0 Å². The van der Waals surface area contributed by atoms with E-state index < -0.39 is 15.9 Å². The Labute approximate surface area is 213 Å². The fraction of sp³-hybridized carbons (Fsp3) is 0.154. The van der Waals surface area contributed by atoms with Crippen LogP contribution in [0.5, 0.6) is 11.5 Å². The number of nitrogens with zero attached hydrogens (tertiary/aromatic N) is 2. The van der Waals surface area contributed by atoms with Crippen LogP contribution in [0.25, 0.3) is 11.3 Å². The second-order valence-corrected chi connectivity index (χ2v) is 10.8. The predicted molar refractivity (Wildman–Crippen MR) is 140 cm³/mol. The van der Waals surface area contributed by atoms with Crippen LogP contribution in [0, 0.1) is 0 Å². The van der Waals surface area contributed by atoms with Crippen LogP contribution in [0.2, 0.25) is 0 Å². The van der Waals surface area contributed by atoms with Crippen LogP contribution in [0.3, 0.4) is 0 Å². The molecule has 1 aromatic heterocycles. The smallest absolute Gasteiger partial charge is 0.264 e. The second-order valence-electron chi connectivity index (χ2n) is 8.05. The van der Waals surface area contributed by atoms with Crippen LogP contribution in [-0.4, -0.2) is 40.1 Å². The summed E-state index contributed by atoms with van der Waals surface area (Å²) in [4.78, 5) is 17.5. The number of sulfonamides is 1. The number of nitrogens with one attached hydrogen (secondary N) is 1. The highest BCUT2D eigenvalue weighted by Gasteiger charge is 2.31. The van der Waals surface area contributed by atoms with Crippen molar-refractivity contribution in [1.29, 1.82) is 0 Å². The summed E-state index contributed by atoms with van der Waals surface area (Å²) in [6.07, 6.45) is 0.655. The molecule has 1 aliphatic rings. The second kappa shape index (κ2) is 9.63. The predicted octanol–water partition coefficient (Wildman–Crippen LogP) is 4.83. The van der Waals surface area contributed by atoms with E-state index in [-0.39, 0.29) is 10.5 Å². The Hall–Kier alpha value is -3.89. The molecule has 0 saturated heterocycles. The zero-order chi connectivity index (χ0) is 25.3. The molecular formula is C26H23N3O5S2. The van der Waals surface area contributed by atoms with Crippen molar-refractivity contribution in [3.05, 3.63) is 83.2 Å². The molecule has 184 valence electrons. The molecule has 0 fully saturated rings. The molecule has 1 aliphatic heterocycles. The third-order valence-corrected chi connectivity index (χ3v) is 8.50. The number of carbonyl (C=O) groups is 1. The minimum atomic E-state index is -3.81. The summed E-state index contributed by atoms with van der Waals surface area (Å²) in [6, 6.07) is 19.0. The number of carbonyl (C=O) groups excluding carboxylic acids is 1. The lowest BCUT2D eigenvalue weighted by Gasteiger charge is -2.19. The van der Waals surface area contributed by atoms with Crippen LogP contribution in [0.1, 0.15) is 15.9 Å². The SMILES string of the molecule is COc1ccc(-c2csc(NC(=O)c3cccc(S(=O)(=O)N4CCc5ccccc54)c3)n2)cc1OC. The fourth-order valence-corrected chi connectivity index (χ4v) is 6.38. The summed E-state index contributed by atoms with van der Waals surface area (Å²) >= 11 is 1.27. The van der Waals surface area contributed by atoms with Crippen molar-refractivity contribution >= 4 is 38.1 Å². The first kappa shape index (κ1) is 23.8. The molecule has 1 amide bonds.